The highest BCUT2D eigenvalue weighted by Gasteiger charge is 2.30. The maximum absolute atomic E-state index is 12.3. The van der Waals surface area contributed by atoms with E-state index in [9.17, 15) is 9.59 Å². The molecule has 0 aromatic heterocycles. The minimum absolute atomic E-state index is 0.0287. The first-order valence-corrected chi connectivity index (χ1v) is 7.04. The number of carboxylic acids is 1. The first-order valence-electron chi connectivity index (χ1n) is 7.04. The van der Waals surface area contributed by atoms with Gasteiger partial charge in [0.15, 0.2) is 0 Å². The molecule has 0 radical (unpaired) electrons. The number of aliphatic carboxylic acids is 1. The molecule has 1 aliphatic heterocycles. The normalized spacial score (nSPS) is 20.7. The quantitative estimate of drug-likeness (QED) is 0.833. The van der Waals surface area contributed by atoms with Crippen molar-refractivity contribution < 1.29 is 14.7 Å². The van der Waals surface area contributed by atoms with E-state index in [4.69, 9.17) is 5.11 Å². The van der Waals surface area contributed by atoms with Crippen LogP contribution in [0.5, 0.6) is 0 Å². The number of carbonyl (C=O) groups excluding carboxylic acids is 1. The fourth-order valence-electron chi connectivity index (χ4n) is 2.67. The van der Waals surface area contributed by atoms with Crippen molar-refractivity contribution >= 4 is 12.0 Å². The van der Waals surface area contributed by atoms with E-state index in [1.165, 1.54) is 0 Å². The largest absolute Gasteiger partial charge is 0.481 e. The molecule has 1 N–H and O–H groups in total. The summed E-state index contributed by atoms with van der Waals surface area (Å²) in [7, 11) is 1.83. The second-order valence-electron chi connectivity index (χ2n) is 6.07. The molecule has 1 aliphatic rings. The van der Waals surface area contributed by atoms with E-state index in [0.29, 0.717) is 19.0 Å². The average molecular weight is 270 g/mol. The van der Waals surface area contributed by atoms with Crippen LogP contribution in [0.15, 0.2) is 0 Å². The Labute approximate surface area is 115 Å². The van der Waals surface area contributed by atoms with Gasteiger partial charge in [0.25, 0.3) is 0 Å². The molecule has 0 aromatic rings. The average Bonchev–Trinajstić information content (AvgIpc) is 2.73. The van der Waals surface area contributed by atoms with Crippen LogP contribution in [0.4, 0.5) is 4.79 Å². The summed E-state index contributed by atoms with van der Waals surface area (Å²) in [5, 5.41) is 8.78. The number of carbonyl (C=O) groups is 2. The summed E-state index contributed by atoms with van der Waals surface area (Å²) in [4.78, 5) is 26.5. The van der Waals surface area contributed by atoms with Crippen molar-refractivity contribution in [2.45, 2.75) is 46.1 Å². The van der Waals surface area contributed by atoms with Gasteiger partial charge in [-0.25, -0.2) is 4.79 Å². The summed E-state index contributed by atoms with van der Waals surface area (Å²) < 4.78 is 0. The molecule has 5 heteroatoms. The zero-order valence-corrected chi connectivity index (χ0v) is 12.4. The van der Waals surface area contributed by atoms with Crippen LogP contribution >= 0.6 is 0 Å². The van der Waals surface area contributed by atoms with E-state index in [-0.39, 0.29) is 24.4 Å². The SMILES string of the molecule is CC(C)CC(C)N(C)C(=O)N1CCC(CC(=O)O)C1. The minimum Gasteiger partial charge on any atom is -0.481 e. The smallest absolute Gasteiger partial charge is 0.319 e. The molecule has 0 spiro atoms. The molecule has 110 valence electrons. The maximum atomic E-state index is 12.3. The van der Waals surface area contributed by atoms with Gasteiger partial charge >= 0.3 is 12.0 Å². The molecule has 0 aliphatic carbocycles. The molecule has 2 amide bonds. The fraction of sp³-hybridized carbons (Fsp3) is 0.857. The van der Waals surface area contributed by atoms with Crippen molar-refractivity contribution in [2.24, 2.45) is 11.8 Å². The number of urea groups is 1. The Kier molecular flexibility index (Phi) is 5.63. The highest BCUT2D eigenvalue weighted by Crippen LogP contribution is 2.21. The van der Waals surface area contributed by atoms with E-state index in [2.05, 4.69) is 20.8 Å². The summed E-state index contributed by atoms with van der Waals surface area (Å²) in [6, 6.07) is 0.243. The Morgan fingerprint density at radius 3 is 2.53 bits per heavy atom. The van der Waals surface area contributed by atoms with Gasteiger partial charge in [0.2, 0.25) is 0 Å². The summed E-state index contributed by atoms with van der Waals surface area (Å²) in [5.41, 5.74) is 0. The molecule has 0 aromatic carbocycles. The summed E-state index contributed by atoms with van der Waals surface area (Å²) >= 11 is 0. The molecule has 19 heavy (non-hydrogen) atoms. The Balaban J connectivity index is 2.48. The van der Waals surface area contributed by atoms with Crippen LogP contribution in [0, 0.1) is 11.8 Å². The van der Waals surface area contributed by atoms with Crippen LogP contribution in [0.25, 0.3) is 0 Å². The maximum Gasteiger partial charge on any atom is 0.319 e. The lowest BCUT2D eigenvalue weighted by molar-refractivity contribution is -0.138. The van der Waals surface area contributed by atoms with Gasteiger partial charge in [-0.1, -0.05) is 13.8 Å². The highest BCUT2D eigenvalue weighted by molar-refractivity contribution is 5.75. The zero-order chi connectivity index (χ0) is 14.6. The third-order valence-electron chi connectivity index (χ3n) is 3.80. The van der Waals surface area contributed by atoms with Crippen molar-refractivity contribution in [2.75, 3.05) is 20.1 Å². The van der Waals surface area contributed by atoms with E-state index in [1.807, 2.05) is 7.05 Å². The molecule has 1 rings (SSSR count). The van der Waals surface area contributed by atoms with Gasteiger partial charge in [-0.05, 0) is 31.6 Å². The van der Waals surface area contributed by atoms with E-state index in [1.54, 1.807) is 9.80 Å². The van der Waals surface area contributed by atoms with Gasteiger partial charge in [-0.2, -0.15) is 0 Å². The molecule has 0 bridgehead atoms. The molecule has 1 fully saturated rings. The van der Waals surface area contributed by atoms with Gasteiger partial charge in [0.1, 0.15) is 0 Å². The van der Waals surface area contributed by atoms with Gasteiger partial charge in [0, 0.05) is 32.6 Å². The summed E-state index contributed by atoms with van der Waals surface area (Å²) in [6.07, 6.45) is 1.94. The summed E-state index contributed by atoms with van der Waals surface area (Å²) in [5.74, 6) is -0.111. The highest BCUT2D eigenvalue weighted by atomic mass is 16.4. The van der Waals surface area contributed by atoms with Crippen LogP contribution in [0.1, 0.15) is 40.0 Å². The van der Waals surface area contributed by atoms with Crippen molar-refractivity contribution in [3.63, 3.8) is 0 Å². The predicted molar refractivity (Wildman–Crippen MR) is 74.0 cm³/mol. The Morgan fingerprint density at radius 1 is 1.37 bits per heavy atom. The third-order valence-corrected chi connectivity index (χ3v) is 3.80. The number of hydrogen-bond acceptors (Lipinski definition) is 2. The monoisotopic (exact) mass is 270 g/mol. The molecule has 2 unspecified atom stereocenters. The topological polar surface area (TPSA) is 60.9 Å². The predicted octanol–water partition coefficient (Wildman–Crippen LogP) is 2.27. The lowest BCUT2D eigenvalue weighted by atomic mass is 10.0. The van der Waals surface area contributed by atoms with Crippen molar-refractivity contribution in [1.82, 2.24) is 9.80 Å². The first kappa shape index (κ1) is 15.8. The van der Waals surface area contributed by atoms with Crippen molar-refractivity contribution in [3.8, 4) is 0 Å². The number of carboxylic acid groups (broad SMARTS) is 1. The Morgan fingerprint density at radius 2 is 2.00 bits per heavy atom. The second kappa shape index (κ2) is 6.78. The number of rotatable bonds is 5. The van der Waals surface area contributed by atoms with Crippen LogP contribution in [-0.2, 0) is 4.79 Å². The molecule has 1 saturated heterocycles. The lowest BCUT2D eigenvalue weighted by Crippen LogP contribution is -2.44. The number of amides is 2. The fourth-order valence-corrected chi connectivity index (χ4v) is 2.67. The molecular formula is C14H26N2O3. The van der Waals surface area contributed by atoms with Gasteiger partial charge in [-0.3, -0.25) is 4.79 Å². The summed E-state index contributed by atoms with van der Waals surface area (Å²) in [6.45, 7) is 7.60. The third kappa shape index (κ3) is 4.73. The van der Waals surface area contributed by atoms with E-state index >= 15 is 0 Å². The molecule has 5 nitrogen and oxygen atoms in total. The van der Waals surface area contributed by atoms with Crippen LogP contribution in [-0.4, -0.2) is 53.1 Å². The van der Waals surface area contributed by atoms with Gasteiger partial charge < -0.3 is 14.9 Å². The van der Waals surface area contributed by atoms with Gasteiger partial charge in [0.05, 0.1) is 0 Å². The molecule has 2 atom stereocenters. The Bertz CT molecular complexity index is 331. The standard InChI is InChI=1S/C14H26N2O3/c1-10(2)7-11(3)15(4)14(19)16-6-5-12(9-16)8-13(17)18/h10-12H,5-9H2,1-4H3,(H,17,18). The second-order valence-corrected chi connectivity index (χ2v) is 6.07. The molecular weight excluding hydrogens is 244 g/mol. The van der Waals surface area contributed by atoms with E-state index in [0.717, 1.165) is 12.8 Å². The zero-order valence-electron chi connectivity index (χ0n) is 12.4. The number of hydrogen-bond donors (Lipinski definition) is 1. The van der Waals surface area contributed by atoms with Crippen molar-refractivity contribution in [3.05, 3.63) is 0 Å². The van der Waals surface area contributed by atoms with Crippen molar-refractivity contribution in [1.29, 1.82) is 0 Å². The van der Waals surface area contributed by atoms with Gasteiger partial charge in [-0.15, -0.1) is 0 Å². The first-order chi connectivity index (χ1) is 8.81. The molecule has 0 saturated carbocycles. The van der Waals surface area contributed by atoms with Crippen LogP contribution in [0.3, 0.4) is 0 Å². The number of nitrogens with zero attached hydrogens (tertiary/aromatic N) is 2. The van der Waals surface area contributed by atoms with E-state index < -0.39 is 5.97 Å². The number of likely N-dealkylation sites (tertiary alicyclic amines) is 1. The molecule has 1 heterocycles. The minimum atomic E-state index is -0.777. The van der Waals surface area contributed by atoms with Crippen LogP contribution < -0.4 is 0 Å². The lowest BCUT2D eigenvalue weighted by Gasteiger charge is -2.30. The van der Waals surface area contributed by atoms with Crippen LogP contribution in [0.2, 0.25) is 0 Å². The Hall–Kier alpha value is -1.26.